The van der Waals surface area contributed by atoms with Crippen LogP contribution >= 0.6 is 27.5 Å². The minimum atomic E-state index is 0.0758. The highest BCUT2D eigenvalue weighted by Gasteiger charge is 2.20. The molecular weight excluding hydrogens is 302 g/mol. The van der Waals surface area contributed by atoms with Crippen LogP contribution in [0.5, 0.6) is 0 Å². The first-order valence-corrected chi connectivity index (χ1v) is 7.80. The average molecular weight is 320 g/mol. The molecule has 0 aliphatic heterocycles. The van der Waals surface area contributed by atoms with Crippen LogP contribution in [-0.2, 0) is 6.42 Å². The van der Waals surface area contributed by atoms with E-state index in [4.69, 9.17) is 0 Å². The van der Waals surface area contributed by atoms with Crippen molar-refractivity contribution in [3.63, 3.8) is 0 Å². The van der Waals surface area contributed by atoms with Crippen molar-refractivity contribution in [1.29, 1.82) is 0 Å². The first-order chi connectivity index (χ1) is 8.24. The van der Waals surface area contributed by atoms with E-state index in [1.165, 1.54) is 11.5 Å². The zero-order valence-corrected chi connectivity index (χ0v) is 12.7. The molecule has 1 aromatic heterocycles. The van der Waals surface area contributed by atoms with Crippen LogP contribution in [0, 0.1) is 0 Å². The van der Waals surface area contributed by atoms with Gasteiger partial charge in [0.1, 0.15) is 4.88 Å². The summed E-state index contributed by atoms with van der Waals surface area (Å²) in [5.74, 6) is 0.0758. The number of halogens is 1. The van der Waals surface area contributed by atoms with Gasteiger partial charge in [0.05, 0.1) is 5.69 Å². The predicted molar refractivity (Wildman–Crippen MR) is 73.9 cm³/mol. The number of hydrogen-bond donors (Lipinski definition) is 0. The van der Waals surface area contributed by atoms with E-state index < -0.39 is 0 Å². The highest BCUT2D eigenvalue weighted by Crippen LogP contribution is 2.15. The van der Waals surface area contributed by atoms with Crippen LogP contribution in [0.2, 0.25) is 0 Å². The maximum atomic E-state index is 12.3. The second kappa shape index (κ2) is 7.76. The molecule has 17 heavy (non-hydrogen) atoms. The molecule has 4 nitrogen and oxygen atoms in total. The number of carbonyl (C=O) groups excluding carboxylic acids is 1. The number of nitrogens with zero attached hydrogens (tertiary/aromatic N) is 3. The van der Waals surface area contributed by atoms with Gasteiger partial charge in [0.2, 0.25) is 0 Å². The van der Waals surface area contributed by atoms with Crippen LogP contribution < -0.4 is 0 Å². The van der Waals surface area contributed by atoms with Gasteiger partial charge in [-0.05, 0) is 31.3 Å². The van der Waals surface area contributed by atoms with E-state index in [9.17, 15) is 4.79 Å². The standard InChI is InChI=1S/C11H18BrN3OS/c1-3-6-9-10(17-14-13-9)11(16)15(4-2)8-5-7-12/h3-8H2,1-2H3. The topological polar surface area (TPSA) is 46.1 Å². The van der Waals surface area contributed by atoms with E-state index in [0.29, 0.717) is 4.88 Å². The molecule has 1 amide bonds. The molecule has 1 aromatic rings. The van der Waals surface area contributed by atoms with Crippen LogP contribution in [0.4, 0.5) is 0 Å². The fourth-order valence-corrected chi connectivity index (χ4v) is 2.50. The molecule has 1 heterocycles. The van der Waals surface area contributed by atoms with Gasteiger partial charge in [-0.25, -0.2) is 0 Å². The van der Waals surface area contributed by atoms with E-state index in [0.717, 1.165) is 43.4 Å². The first-order valence-electron chi connectivity index (χ1n) is 5.91. The van der Waals surface area contributed by atoms with Crippen LogP contribution in [-0.4, -0.2) is 38.8 Å². The van der Waals surface area contributed by atoms with Gasteiger partial charge in [-0.15, -0.1) is 5.10 Å². The van der Waals surface area contributed by atoms with Crippen LogP contribution in [0.3, 0.4) is 0 Å². The van der Waals surface area contributed by atoms with Crippen molar-refractivity contribution in [1.82, 2.24) is 14.5 Å². The second-order valence-electron chi connectivity index (χ2n) is 3.73. The molecule has 0 saturated carbocycles. The van der Waals surface area contributed by atoms with Crippen molar-refractivity contribution < 1.29 is 4.79 Å². The third-order valence-electron chi connectivity index (χ3n) is 2.47. The maximum Gasteiger partial charge on any atom is 0.267 e. The van der Waals surface area contributed by atoms with Crippen molar-refractivity contribution in [2.24, 2.45) is 0 Å². The summed E-state index contributed by atoms with van der Waals surface area (Å²) in [6.45, 7) is 5.59. The summed E-state index contributed by atoms with van der Waals surface area (Å²) in [6.07, 6.45) is 2.78. The Labute approximate surface area is 115 Å². The summed E-state index contributed by atoms with van der Waals surface area (Å²) in [5.41, 5.74) is 0.847. The molecule has 0 atom stereocenters. The molecule has 0 aliphatic rings. The average Bonchev–Trinajstić information content (AvgIpc) is 2.78. The lowest BCUT2D eigenvalue weighted by molar-refractivity contribution is 0.0768. The first kappa shape index (κ1) is 14.6. The van der Waals surface area contributed by atoms with Gasteiger partial charge in [0.15, 0.2) is 0 Å². The number of hydrogen-bond acceptors (Lipinski definition) is 4. The zero-order chi connectivity index (χ0) is 12.7. The van der Waals surface area contributed by atoms with Crippen molar-refractivity contribution in [2.45, 2.75) is 33.1 Å². The zero-order valence-electron chi connectivity index (χ0n) is 10.3. The van der Waals surface area contributed by atoms with Gasteiger partial charge in [-0.1, -0.05) is 33.8 Å². The number of amides is 1. The van der Waals surface area contributed by atoms with Gasteiger partial charge in [0.25, 0.3) is 5.91 Å². The molecule has 0 aromatic carbocycles. The van der Waals surface area contributed by atoms with Crippen molar-refractivity contribution in [3.05, 3.63) is 10.6 Å². The van der Waals surface area contributed by atoms with E-state index in [1.807, 2.05) is 11.8 Å². The molecule has 0 unspecified atom stereocenters. The smallest absolute Gasteiger partial charge is 0.267 e. The van der Waals surface area contributed by atoms with Gasteiger partial charge in [0, 0.05) is 18.4 Å². The second-order valence-corrected chi connectivity index (χ2v) is 5.27. The summed E-state index contributed by atoms with van der Waals surface area (Å²) >= 11 is 4.59. The Balaban J connectivity index is 2.74. The number of aromatic nitrogens is 2. The van der Waals surface area contributed by atoms with Gasteiger partial charge < -0.3 is 4.90 Å². The maximum absolute atomic E-state index is 12.3. The van der Waals surface area contributed by atoms with Crippen LogP contribution in [0.25, 0.3) is 0 Å². The minimum absolute atomic E-state index is 0.0758. The number of rotatable bonds is 7. The van der Waals surface area contributed by atoms with E-state index in [1.54, 1.807) is 0 Å². The molecule has 0 N–H and O–H groups in total. The molecule has 0 bridgehead atoms. The van der Waals surface area contributed by atoms with E-state index in [2.05, 4.69) is 32.4 Å². The molecule has 96 valence electrons. The highest BCUT2D eigenvalue weighted by molar-refractivity contribution is 9.09. The monoisotopic (exact) mass is 319 g/mol. The predicted octanol–water partition coefficient (Wildman–Crippen LogP) is 2.74. The molecule has 0 radical (unpaired) electrons. The Kier molecular flexibility index (Phi) is 6.65. The summed E-state index contributed by atoms with van der Waals surface area (Å²) < 4.78 is 3.89. The van der Waals surface area contributed by atoms with Crippen LogP contribution in [0.15, 0.2) is 0 Å². The molecular formula is C11H18BrN3OS. The molecule has 0 spiro atoms. The van der Waals surface area contributed by atoms with Crippen LogP contribution in [0.1, 0.15) is 42.1 Å². The summed E-state index contributed by atoms with van der Waals surface area (Å²) in [4.78, 5) is 14.8. The fraction of sp³-hybridized carbons (Fsp3) is 0.727. The fourth-order valence-electron chi connectivity index (χ4n) is 1.57. The van der Waals surface area contributed by atoms with Crippen molar-refractivity contribution in [2.75, 3.05) is 18.4 Å². The number of alkyl halides is 1. The molecule has 0 aliphatic carbocycles. The van der Waals surface area contributed by atoms with Crippen molar-refractivity contribution in [3.8, 4) is 0 Å². The van der Waals surface area contributed by atoms with E-state index >= 15 is 0 Å². The Morgan fingerprint density at radius 1 is 1.47 bits per heavy atom. The molecule has 6 heteroatoms. The molecule has 0 saturated heterocycles. The summed E-state index contributed by atoms with van der Waals surface area (Å²) in [7, 11) is 0. The van der Waals surface area contributed by atoms with Crippen molar-refractivity contribution >= 4 is 33.4 Å². The lowest BCUT2D eigenvalue weighted by Crippen LogP contribution is -2.32. The third kappa shape index (κ3) is 4.03. The highest BCUT2D eigenvalue weighted by atomic mass is 79.9. The third-order valence-corrected chi connectivity index (χ3v) is 3.78. The number of aryl methyl sites for hydroxylation is 1. The van der Waals surface area contributed by atoms with Gasteiger partial charge in [-0.3, -0.25) is 4.79 Å². The largest absolute Gasteiger partial charge is 0.338 e. The SMILES string of the molecule is CCCc1nnsc1C(=O)N(CC)CCCBr. The Hall–Kier alpha value is -0.490. The summed E-state index contributed by atoms with van der Waals surface area (Å²) in [6, 6.07) is 0. The number of carbonyl (C=O) groups is 1. The Morgan fingerprint density at radius 2 is 2.24 bits per heavy atom. The van der Waals surface area contributed by atoms with Gasteiger partial charge in [-0.2, -0.15) is 0 Å². The quantitative estimate of drug-likeness (QED) is 0.726. The minimum Gasteiger partial charge on any atom is -0.338 e. The summed E-state index contributed by atoms with van der Waals surface area (Å²) in [5, 5.41) is 4.95. The normalized spacial score (nSPS) is 10.5. The van der Waals surface area contributed by atoms with Gasteiger partial charge >= 0.3 is 0 Å². The Bertz CT molecular complexity index is 356. The lowest BCUT2D eigenvalue weighted by atomic mass is 10.2. The Morgan fingerprint density at radius 3 is 2.82 bits per heavy atom. The molecule has 1 rings (SSSR count). The van der Waals surface area contributed by atoms with E-state index in [-0.39, 0.29) is 5.91 Å². The molecule has 0 fully saturated rings. The lowest BCUT2D eigenvalue weighted by Gasteiger charge is -2.19.